The van der Waals surface area contributed by atoms with Gasteiger partial charge in [0.05, 0.1) is 6.04 Å². The molecule has 0 radical (unpaired) electrons. The van der Waals surface area contributed by atoms with Gasteiger partial charge in [0.2, 0.25) is 15.9 Å². The minimum absolute atomic E-state index is 0.211. The van der Waals surface area contributed by atoms with Gasteiger partial charge in [0.1, 0.15) is 5.82 Å². The summed E-state index contributed by atoms with van der Waals surface area (Å²) < 4.78 is 39.5. The molecule has 1 heterocycles. The Hall–Kier alpha value is -2.55. The second kappa shape index (κ2) is 9.30. The van der Waals surface area contributed by atoms with Gasteiger partial charge in [-0.3, -0.25) is 9.69 Å². The van der Waals surface area contributed by atoms with Gasteiger partial charge in [0.15, 0.2) is 0 Å². The van der Waals surface area contributed by atoms with Crippen molar-refractivity contribution in [3.05, 3.63) is 71.4 Å². The molecule has 1 aliphatic rings. The first-order valence-corrected chi connectivity index (χ1v) is 10.9. The standard InChI is InChI=1S/C21H24FN3O3S/c1-17(21(26)23-20-9-7-19(22)8-10-20)24-12-14-25(15-13-24)29(27,28)16-11-18-5-3-2-4-6-18/h2-11,16-17H,12-15H2,1H3,(H,23,26)/b16-11+/t17-/m1/s1. The number of carbonyl (C=O) groups excluding carboxylic acids is 1. The molecule has 0 saturated carbocycles. The first kappa shape index (κ1) is 21.2. The average Bonchev–Trinajstić information content (AvgIpc) is 2.74. The first-order chi connectivity index (χ1) is 13.8. The number of anilines is 1. The van der Waals surface area contributed by atoms with Crippen LogP contribution < -0.4 is 5.32 Å². The van der Waals surface area contributed by atoms with Gasteiger partial charge in [-0.2, -0.15) is 4.31 Å². The monoisotopic (exact) mass is 417 g/mol. The topological polar surface area (TPSA) is 69.7 Å². The highest BCUT2D eigenvalue weighted by molar-refractivity contribution is 7.92. The second-order valence-corrected chi connectivity index (χ2v) is 8.68. The molecule has 0 aliphatic carbocycles. The van der Waals surface area contributed by atoms with Crippen LogP contribution in [-0.2, 0) is 14.8 Å². The van der Waals surface area contributed by atoms with Gasteiger partial charge < -0.3 is 5.32 Å². The molecule has 1 atom stereocenters. The Labute approximate surface area is 170 Å². The van der Waals surface area contributed by atoms with E-state index in [9.17, 15) is 17.6 Å². The largest absolute Gasteiger partial charge is 0.325 e. The number of nitrogens with one attached hydrogen (secondary N) is 1. The quantitative estimate of drug-likeness (QED) is 0.785. The van der Waals surface area contributed by atoms with Crippen LogP contribution in [0.2, 0.25) is 0 Å². The number of sulfonamides is 1. The van der Waals surface area contributed by atoms with Crippen molar-refractivity contribution < 1.29 is 17.6 Å². The van der Waals surface area contributed by atoms with Crippen molar-refractivity contribution in [2.24, 2.45) is 0 Å². The highest BCUT2D eigenvalue weighted by atomic mass is 32.2. The number of benzene rings is 2. The highest BCUT2D eigenvalue weighted by Crippen LogP contribution is 2.15. The SMILES string of the molecule is C[C@H](C(=O)Nc1ccc(F)cc1)N1CCN(S(=O)(=O)/C=C/c2ccccc2)CC1. The van der Waals surface area contributed by atoms with E-state index in [2.05, 4.69) is 5.32 Å². The molecule has 0 spiro atoms. The van der Waals surface area contributed by atoms with Crippen molar-refractivity contribution in [3.8, 4) is 0 Å². The molecule has 1 amide bonds. The Morgan fingerprint density at radius 1 is 1.03 bits per heavy atom. The summed E-state index contributed by atoms with van der Waals surface area (Å²) in [5.74, 6) is -0.577. The van der Waals surface area contributed by atoms with Crippen molar-refractivity contribution >= 4 is 27.7 Å². The van der Waals surface area contributed by atoms with Gasteiger partial charge in [-0.15, -0.1) is 0 Å². The number of hydrogen-bond acceptors (Lipinski definition) is 4. The van der Waals surface area contributed by atoms with Crippen LogP contribution in [-0.4, -0.2) is 55.8 Å². The molecule has 0 unspecified atom stereocenters. The first-order valence-electron chi connectivity index (χ1n) is 9.39. The predicted molar refractivity (Wildman–Crippen MR) is 112 cm³/mol. The van der Waals surface area contributed by atoms with Gasteiger partial charge in [0.25, 0.3) is 0 Å². The van der Waals surface area contributed by atoms with E-state index in [-0.39, 0.29) is 11.7 Å². The molecule has 0 aromatic heterocycles. The second-order valence-electron chi connectivity index (χ2n) is 6.87. The molecule has 0 bridgehead atoms. The Kier molecular flexibility index (Phi) is 6.79. The number of hydrogen-bond donors (Lipinski definition) is 1. The van der Waals surface area contributed by atoms with E-state index in [0.717, 1.165) is 5.56 Å². The zero-order chi connectivity index (χ0) is 20.9. The van der Waals surface area contributed by atoms with Gasteiger partial charge in [-0.05, 0) is 42.8 Å². The Morgan fingerprint density at radius 2 is 1.66 bits per heavy atom. The fourth-order valence-corrected chi connectivity index (χ4v) is 4.28. The van der Waals surface area contributed by atoms with Gasteiger partial charge >= 0.3 is 0 Å². The third-order valence-corrected chi connectivity index (χ3v) is 6.47. The number of carbonyl (C=O) groups is 1. The predicted octanol–water partition coefficient (Wildman–Crippen LogP) is 2.77. The summed E-state index contributed by atoms with van der Waals surface area (Å²) in [6.45, 7) is 3.32. The molecular formula is C21H24FN3O3S. The molecular weight excluding hydrogens is 393 g/mol. The van der Waals surface area contributed by atoms with Crippen LogP contribution in [0.1, 0.15) is 12.5 Å². The summed E-state index contributed by atoms with van der Waals surface area (Å²) in [7, 11) is -3.51. The van der Waals surface area contributed by atoms with Crippen LogP contribution in [0.5, 0.6) is 0 Å². The third-order valence-electron chi connectivity index (χ3n) is 4.90. The van der Waals surface area contributed by atoms with E-state index in [4.69, 9.17) is 0 Å². The fourth-order valence-electron chi connectivity index (χ4n) is 3.11. The Bertz CT molecular complexity index is 954. The highest BCUT2D eigenvalue weighted by Gasteiger charge is 2.29. The van der Waals surface area contributed by atoms with Gasteiger partial charge in [0, 0.05) is 37.3 Å². The van der Waals surface area contributed by atoms with Crippen molar-refractivity contribution in [1.29, 1.82) is 0 Å². The zero-order valence-corrected chi connectivity index (χ0v) is 17.0. The molecule has 8 heteroatoms. The smallest absolute Gasteiger partial charge is 0.241 e. The van der Waals surface area contributed by atoms with Crippen LogP contribution in [0.4, 0.5) is 10.1 Å². The Balaban J connectivity index is 1.54. The maximum absolute atomic E-state index is 13.0. The molecule has 154 valence electrons. The molecule has 1 fully saturated rings. The summed E-state index contributed by atoms with van der Waals surface area (Å²) in [6.07, 6.45) is 1.58. The minimum Gasteiger partial charge on any atom is -0.325 e. The summed E-state index contributed by atoms with van der Waals surface area (Å²) >= 11 is 0. The van der Waals surface area contributed by atoms with Crippen LogP contribution in [0, 0.1) is 5.82 Å². The molecule has 1 aliphatic heterocycles. The maximum Gasteiger partial charge on any atom is 0.241 e. The lowest BCUT2D eigenvalue weighted by atomic mass is 10.2. The molecule has 6 nitrogen and oxygen atoms in total. The van der Waals surface area contributed by atoms with Crippen molar-refractivity contribution in [2.75, 3.05) is 31.5 Å². The fraction of sp³-hybridized carbons (Fsp3) is 0.286. The van der Waals surface area contributed by atoms with Crippen LogP contribution in [0.3, 0.4) is 0 Å². The minimum atomic E-state index is -3.51. The number of amides is 1. The molecule has 1 saturated heterocycles. The summed E-state index contributed by atoms with van der Waals surface area (Å²) in [4.78, 5) is 14.4. The van der Waals surface area contributed by atoms with E-state index in [0.29, 0.717) is 31.9 Å². The average molecular weight is 418 g/mol. The molecule has 29 heavy (non-hydrogen) atoms. The van der Waals surface area contributed by atoms with Crippen molar-refractivity contribution in [3.63, 3.8) is 0 Å². The molecule has 3 rings (SSSR count). The van der Waals surface area contributed by atoms with E-state index in [1.165, 1.54) is 34.0 Å². The molecule has 2 aromatic carbocycles. The molecule has 2 aromatic rings. The lowest BCUT2D eigenvalue weighted by molar-refractivity contribution is -0.121. The van der Waals surface area contributed by atoms with Crippen LogP contribution in [0.15, 0.2) is 60.0 Å². The third kappa shape index (κ3) is 5.72. The lowest BCUT2D eigenvalue weighted by Gasteiger charge is -2.36. The number of rotatable bonds is 6. The number of nitrogens with zero attached hydrogens (tertiary/aromatic N) is 2. The lowest BCUT2D eigenvalue weighted by Crippen LogP contribution is -2.53. The Morgan fingerprint density at radius 3 is 2.28 bits per heavy atom. The maximum atomic E-state index is 13.0. The van der Waals surface area contributed by atoms with E-state index < -0.39 is 16.1 Å². The van der Waals surface area contributed by atoms with E-state index >= 15 is 0 Å². The number of halogens is 1. The number of piperazine rings is 1. The van der Waals surface area contributed by atoms with E-state index in [1.54, 1.807) is 13.0 Å². The van der Waals surface area contributed by atoms with E-state index in [1.807, 2.05) is 35.2 Å². The normalized spacial score (nSPS) is 17.3. The van der Waals surface area contributed by atoms with Crippen LogP contribution >= 0.6 is 0 Å². The van der Waals surface area contributed by atoms with Gasteiger partial charge in [-0.1, -0.05) is 30.3 Å². The van der Waals surface area contributed by atoms with Gasteiger partial charge in [-0.25, -0.2) is 12.8 Å². The zero-order valence-electron chi connectivity index (χ0n) is 16.2. The summed E-state index contributed by atoms with van der Waals surface area (Å²) in [6, 6.07) is 14.4. The summed E-state index contributed by atoms with van der Waals surface area (Å²) in [5, 5.41) is 3.98. The molecule has 1 N–H and O–H groups in total. The van der Waals surface area contributed by atoms with Crippen molar-refractivity contribution in [2.45, 2.75) is 13.0 Å². The summed E-state index contributed by atoms with van der Waals surface area (Å²) in [5.41, 5.74) is 1.34. The van der Waals surface area contributed by atoms with Crippen LogP contribution in [0.25, 0.3) is 6.08 Å². The van der Waals surface area contributed by atoms with Crippen molar-refractivity contribution in [1.82, 2.24) is 9.21 Å².